The van der Waals surface area contributed by atoms with E-state index in [0.717, 1.165) is 51.1 Å². The van der Waals surface area contributed by atoms with Gasteiger partial charge in [0.2, 0.25) is 0 Å². The Morgan fingerprint density at radius 1 is 1.22 bits per heavy atom. The van der Waals surface area contributed by atoms with Gasteiger partial charge in [0.05, 0.1) is 6.61 Å². The van der Waals surface area contributed by atoms with Gasteiger partial charge in [-0.05, 0) is 50.7 Å². The van der Waals surface area contributed by atoms with Crippen LogP contribution in [0.3, 0.4) is 0 Å². The van der Waals surface area contributed by atoms with Crippen molar-refractivity contribution in [1.82, 2.24) is 10.2 Å². The van der Waals surface area contributed by atoms with Crippen molar-refractivity contribution >= 4 is 6.03 Å². The van der Waals surface area contributed by atoms with Gasteiger partial charge >= 0.3 is 6.03 Å². The van der Waals surface area contributed by atoms with Crippen LogP contribution in [0.1, 0.15) is 44.1 Å². The fourth-order valence-corrected chi connectivity index (χ4v) is 3.57. The molecule has 1 saturated carbocycles. The summed E-state index contributed by atoms with van der Waals surface area (Å²) in [6, 6.07) is 8.72. The number of aryl methyl sites for hydroxylation is 1. The van der Waals surface area contributed by atoms with E-state index in [1.807, 2.05) is 17.0 Å². The minimum Gasteiger partial charge on any atom is -0.494 e. The van der Waals surface area contributed by atoms with Gasteiger partial charge in [0.15, 0.2) is 0 Å². The summed E-state index contributed by atoms with van der Waals surface area (Å²) in [5.74, 6) is 1.50. The highest BCUT2D eigenvalue weighted by atomic mass is 16.5. The summed E-state index contributed by atoms with van der Waals surface area (Å²) in [4.78, 5) is 14.2. The van der Waals surface area contributed by atoms with E-state index in [4.69, 9.17) is 4.74 Å². The van der Waals surface area contributed by atoms with Crippen LogP contribution in [-0.4, -0.2) is 36.7 Å². The topological polar surface area (TPSA) is 41.6 Å². The maximum absolute atomic E-state index is 12.3. The molecule has 0 aromatic heterocycles. The molecule has 1 aromatic carbocycles. The number of amides is 2. The molecule has 4 heteroatoms. The predicted molar refractivity (Wildman–Crippen MR) is 91.8 cm³/mol. The zero-order chi connectivity index (χ0) is 16.1. The monoisotopic (exact) mass is 316 g/mol. The number of rotatable bonds is 5. The van der Waals surface area contributed by atoms with Crippen LogP contribution in [-0.2, 0) is 0 Å². The highest BCUT2D eigenvalue weighted by Crippen LogP contribution is 2.22. The summed E-state index contributed by atoms with van der Waals surface area (Å²) in [7, 11) is 0. The van der Waals surface area contributed by atoms with Crippen molar-refractivity contribution in [1.29, 1.82) is 0 Å². The van der Waals surface area contributed by atoms with Crippen molar-refractivity contribution in [2.24, 2.45) is 5.92 Å². The molecule has 4 nitrogen and oxygen atoms in total. The Kier molecular flexibility index (Phi) is 5.42. The molecule has 1 aliphatic carbocycles. The van der Waals surface area contributed by atoms with Gasteiger partial charge in [0, 0.05) is 19.1 Å². The Morgan fingerprint density at radius 3 is 2.70 bits per heavy atom. The summed E-state index contributed by atoms with van der Waals surface area (Å²) in [6.45, 7) is 4.56. The van der Waals surface area contributed by atoms with E-state index in [-0.39, 0.29) is 6.03 Å². The highest BCUT2D eigenvalue weighted by molar-refractivity contribution is 5.74. The second kappa shape index (κ2) is 7.71. The fourth-order valence-electron chi connectivity index (χ4n) is 3.57. The average molecular weight is 316 g/mol. The first kappa shape index (κ1) is 16.2. The molecule has 23 heavy (non-hydrogen) atoms. The molecule has 0 bridgehead atoms. The summed E-state index contributed by atoms with van der Waals surface area (Å²) >= 11 is 0. The van der Waals surface area contributed by atoms with Crippen LogP contribution in [0.25, 0.3) is 0 Å². The molecule has 1 N–H and O–H groups in total. The molecule has 0 radical (unpaired) electrons. The standard InChI is InChI=1S/C19H28N2O2/c1-15-6-8-18(9-7-15)23-13-11-16-10-12-21(14-16)19(22)20-17-4-2-3-5-17/h6-9,16-17H,2-5,10-14H2,1H3,(H,20,22). The lowest BCUT2D eigenvalue weighted by Gasteiger charge is -2.20. The molecule has 0 spiro atoms. The highest BCUT2D eigenvalue weighted by Gasteiger charge is 2.28. The number of carbonyl (C=O) groups is 1. The largest absolute Gasteiger partial charge is 0.494 e. The molecule has 3 rings (SSSR count). The Hall–Kier alpha value is -1.71. The van der Waals surface area contributed by atoms with Gasteiger partial charge in [-0.2, -0.15) is 0 Å². The van der Waals surface area contributed by atoms with Crippen molar-refractivity contribution in [2.45, 2.75) is 51.5 Å². The van der Waals surface area contributed by atoms with Crippen LogP contribution in [0.5, 0.6) is 5.75 Å². The minimum atomic E-state index is 0.138. The van der Waals surface area contributed by atoms with Gasteiger partial charge < -0.3 is 15.0 Å². The van der Waals surface area contributed by atoms with Crippen LogP contribution in [0, 0.1) is 12.8 Å². The van der Waals surface area contributed by atoms with Gasteiger partial charge in [-0.3, -0.25) is 0 Å². The smallest absolute Gasteiger partial charge is 0.317 e. The quantitative estimate of drug-likeness (QED) is 0.899. The Morgan fingerprint density at radius 2 is 1.96 bits per heavy atom. The van der Waals surface area contributed by atoms with E-state index in [9.17, 15) is 4.79 Å². The maximum Gasteiger partial charge on any atom is 0.317 e. The molecular formula is C19H28N2O2. The Balaban J connectivity index is 1.36. The fraction of sp³-hybridized carbons (Fsp3) is 0.632. The zero-order valence-corrected chi connectivity index (χ0v) is 14.1. The van der Waals surface area contributed by atoms with E-state index in [1.165, 1.54) is 18.4 Å². The molecule has 2 aliphatic rings. The third-order valence-corrected chi connectivity index (χ3v) is 5.07. The Labute approximate surface area is 139 Å². The Bertz CT molecular complexity index is 509. The SMILES string of the molecule is Cc1ccc(OCCC2CCN(C(=O)NC3CCCC3)C2)cc1. The maximum atomic E-state index is 12.3. The first-order valence-corrected chi connectivity index (χ1v) is 8.95. The lowest BCUT2D eigenvalue weighted by molar-refractivity contribution is 0.201. The van der Waals surface area contributed by atoms with E-state index in [2.05, 4.69) is 24.4 Å². The van der Waals surface area contributed by atoms with Crippen molar-refractivity contribution in [3.8, 4) is 5.75 Å². The van der Waals surface area contributed by atoms with Crippen molar-refractivity contribution in [3.63, 3.8) is 0 Å². The summed E-state index contributed by atoms with van der Waals surface area (Å²) in [5.41, 5.74) is 1.25. The van der Waals surface area contributed by atoms with Gasteiger partial charge in [0.25, 0.3) is 0 Å². The lowest BCUT2D eigenvalue weighted by Crippen LogP contribution is -2.42. The summed E-state index contributed by atoms with van der Waals surface area (Å²) in [5, 5.41) is 3.18. The summed E-state index contributed by atoms with van der Waals surface area (Å²) < 4.78 is 5.81. The normalized spacial score (nSPS) is 21.6. The number of ether oxygens (including phenoxy) is 1. The van der Waals surface area contributed by atoms with Crippen LogP contribution in [0.2, 0.25) is 0 Å². The van der Waals surface area contributed by atoms with Crippen molar-refractivity contribution < 1.29 is 9.53 Å². The second-order valence-electron chi connectivity index (χ2n) is 6.98. The van der Waals surface area contributed by atoms with Crippen molar-refractivity contribution in [2.75, 3.05) is 19.7 Å². The van der Waals surface area contributed by atoms with Gasteiger partial charge in [-0.25, -0.2) is 4.79 Å². The predicted octanol–water partition coefficient (Wildman–Crippen LogP) is 3.74. The molecule has 2 amide bonds. The third-order valence-electron chi connectivity index (χ3n) is 5.07. The van der Waals surface area contributed by atoms with Crippen molar-refractivity contribution in [3.05, 3.63) is 29.8 Å². The van der Waals surface area contributed by atoms with Crippen LogP contribution >= 0.6 is 0 Å². The summed E-state index contributed by atoms with van der Waals surface area (Å²) in [6.07, 6.45) is 6.91. The molecule has 1 saturated heterocycles. The molecule has 1 atom stereocenters. The molecule has 1 aromatic rings. The molecule has 1 aliphatic heterocycles. The van der Waals surface area contributed by atoms with Crippen LogP contribution in [0.15, 0.2) is 24.3 Å². The number of likely N-dealkylation sites (tertiary alicyclic amines) is 1. The lowest BCUT2D eigenvalue weighted by atomic mass is 10.1. The first-order chi connectivity index (χ1) is 11.2. The van der Waals surface area contributed by atoms with Gasteiger partial charge in [-0.1, -0.05) is 30.5 Å². The average Bonchev–Trinajstić information content (AvgIpc) is 3.21. The third kappa shape index (κ3) is 4.63. The number of hydrogen-bond donors (Lipinski definition) is 1. The van der Waals surface area contributed by atoms with E-state index < -0.39 is 0 Å². The molecular weight excluding hydrogens is 288 g/mol. The second-order valence-corrected chi connectivity index (χ2v) is 6.98. The van der Waals surface area contributed by atoms with Crippen LogP contribution < -0.4 is 10.1 Å². The minimum absolute atomic E-state index is 0.138. The van der Waals surface area contributed by atoms with E-state index in [1.54, 1.807) is 0 Å². The van der Waals surface area contributed by atoms with Crippen LogP contribution in [0.4, 0.5) is 4.79 Å². The van der Waals surface area contributed by atoms with E-state index in [0.29, 0.717) is 12.0 Å². The zero-order valence-electron chi connectivity index (χ0n) is 14.1. The number of nitrogens with one attached hydrogen (secondary N) is 1. The number of hydrogen-bond acceptors (Lipinski definition) is 2. The molecule has 2 fully saturated rings. The first-order valence-electron chi connectivity index (χ1n) is 8.95. The van der Waals surface area contributed by atoms with E-state index >= 15 is 0 Å². The number of carbonyl (C=O) groups excluding carboxylic acids is 1. The number of nitrogens with zero attached hydrogens (tertiary/aromatic N) is 1. The molecule has 1 unspecified atom stereocenters. The molecule has 126 valence electrons. The number of urea groups is 1. The van der Waals surface area contributed by atoms with Gasteiger partial charge in [-0.15, -0.1) is 0 Å². The molecule has 1 heterocycles. The number of benzene rings is 1. The van der Waals surface area contributed by atoms with Gasteiger partial charge in [0.1, 0.15) is 5.75 Å².